The molecule has 0 aromatic heterocycles. The van der Waals surface area contributed by atoms with Crippen LogP contribution in [0.25, 0.3) is 6.08 Å². The van der Waals surface area contributed by atoms with E-state index in [9.17, 15) is 9.36 Å². The second kappa shape index (κ2) is 9.22. The lowest BCUT2D eigenvalue weighted by Crippen LogP contribution is -2.07. The number of aryl methyl sites for hydroxylation is 1. The van der Waals surface area contributed by atoms with Crippen molar-refractivity contribution in [3.05, 3.63) is 65.7 Å². The average Bonchev–Trinajstić information content (AvgIpc) is 2.63. The van der Waals surface area contributed by atoms with Gasteiger partial charge in [0.05, 0.1) is 6.61 Å². The summed E-state index contributed by atoms with van der Waals surface area (Å²) in [5, 5.41) is 2.79. The maximum absolute atomic E-state index is 13.0. The summed E-state index contributed by atoms with van der Waals surface area (Å²) >= 11 is 0. The normalized spacial score (nSPS) is 13.2. The van der Waals surface area contributed by atoms with Crippen LogP contribution in [0.2, 0.25) is 0 Å². The molecule has 0 saturated heterocycles. The van der Waals surface area contributed by atoms with Gasteiger partial charge in [-0.2, -0.15) is 0 Å². The van der Waals surface area contributed by atoms with Gasteiger partial charge < -0.3 is 9.26 Å². The molecule has 26 heavy (non-hydrogen) atoms. The highest BCUT2D eigenvalue weighted by Crippen LogP contribution is 2.49. The number of benzene rings is 2. The summed E-state index contributed by atoms with van der Waals surface area (Å²) in [6.45, 7) is 3.84. The minimum absolute atomic E-state index is 0.292. The van der Waals surface area contributed by atoms with E-state index in [4.69, 9.17) is 13.8 Å². The predicted octanol–water partition coefficient (Wildman–Crippen LogP) is 4.82. The number of ether oxygens (including phenoxy) is 1. The van der Waals surface area contributed by atoms with Crippen LogP contribution in [0.1, 0.15) is 18.1 Å². The molecule has 1 unspecified atom stereocenters. The summed E-state index contributed by atoms with van der Waals surface area (Å²) in [6.07, 6.45) is 2.86. The lowest BCUT2D eigenvalue weighted by atomic mass is 10.1. The van der Waals surface area contributed by atoms with E-state index in [0.717, 1.165) is 5.56 Å². The molecule has 6 nitrogen and oxygen atoms in total. The van der Waals surface area contributed by atoms with Crippen LogP contribution in [0.15, 0.2) is 54.6 Å². The maximum atomic E-state index is 13.0. The van der Waals surface area contributed by atoms with Crippen LogP contribution in [-0.2, 0) is 18.6 Å². The highest BCUT2D eigenvalue weighted by Gasteiger charge is 2.27. The fraction of sp³-hybridized carbons (Fsp3) is 0.211. The summed E-state index contributed by atoms with van der Waals surface area (Å²) < 4.78 is 28.7. The van der Waals surface area contributed by atoms with Gasteiger partial charge in [-0.15, -0.1) is 0 Å². The minimum atomic E-state index is -3.66. The van der Waals surface area contributed by atoms with Crippen molar-refractivity contribution in [1.29, 1.82) is 0 Å². The first-order valence-electron chi connectivity index (χ1n) is 8.10. The van der Waals surface area contributed by atoms with Crippen molar-refractivity contribution in [2.24, 2.45) is 0 Å². The quantitative estimate of drug-likeness (QED) is 0.405. The molecule has 0 heterocycles. The first kappa shape index (κ1) is 19.8. The number of hydrogen-bond donors (Lipinski definition) is 1. The van der Waals surface area contributed by atoms with Crippen molar-refractivity contribution in [3.63, 3.8) is 0 Å². The largest absolute Gasteiger partial charge is 0.486 e. The Morgan fingerprint density at radius 1 is 1.15 bits per heavy atom. The van der Waals surface area contributed by atoms with Crippen molar-refractivity contribution in [3.8, 4) is 5.75 Å². The minimum Gasteiger partial charge on any atom is -0.463 e. The summed E-state index contributed by atoms with van der Waals surface area (Å²) in [7, 11) is -2.35. The van der Waals surface area contributed by atoms with Crippen molar-refractivity contribution in [1.82, 2.24) is 0 Å². The number of nitrogens with one attached hydrogen (secondary N) is 1. The van der Waals surface area contributed by atoms with Crippen LogP contribution in [0.5, 0.6) is 5.75 Å². The molecule has 0 saturated carbocycles. The number of carbonyl (C=O) groups excluding carboxylic acids is 1. The first-order valence-corrected chi connectivity index (χ1v) is 9.65. The van der Waals surface area contributed by atoms with Crippen LogP contribution < -0.4 is 9.61 Å². The molecule has 1 N–H and O–H groups in total. The Bertz CT molecular complexity index is 820. The molecule has 7 heteroatoms. The highest BCUT2D eigenvalue weighted by atomic mass is 31.2. The van der Waals surface area contributed by atoms with Crippen LogP contribution in [-0.4, -0.2) is 19.7 Å². The second-order valence-electron chi connectivity index (χ2n) is 5.33. The SMILES string of the molecule is CCOC(=O)/C=C/c1cccc(C)c1OP(=O)(Nc1ccccc1)OC. The number of carbonyl (C=O) groups is 1. The van der Waals surface area contributed by atoms with Crippen molar-refractivity contribution in [2.75, 3.05) is 18.8 Å². The monoisotopic (exact) mass is 375 g/mol. The lowest BCUT2D eigenvalue weighted by molar-refractivity contribution is -0.137. The molecule has 0 radical (unpaired) electrons. The Hall–Kier alpha value is -2.56. The Morgan fingerprint density at radius 3 is 2.54 bits per heavy atom. The van der Waals surface area contributed by atoms with Crippen LogP contribution in [0.4, 0.5) is 5.69 Å². The fourth-order valence-electron chi connectivity index (χ4n) is 2.18. The van der Waals surface area contributed by atoms with Gasteiger partial charge in [0.1, 0.15) is 5.75 Å². The summed E-state index contributed by atoms with van der Waals surface area (Å²) in [5.74, 6) is -0.0982. The Morgan fingerprint density at radius 2 is 1.88 bits per heavy atom. The van der Waals surface area contributed by atoms with Gasteiger partial charge in [0.2, 0.25) is 0 Å². The van der Waals surface area contributed by atoms with E-state index in [0.29, 0.717) is 23.6 Å². The van der Waals surface area contributed by atoms with E-state index in [1.165, 1.54) is 13.2 Å². The van der Waals surface area contributed by atoms with E-state index in [2.05, 4.69) is 5.09 Å². The van der Waals surface area contributed by atoms with Crippen LogP contribution in [0, 0.1) is 6.92 Å². The Labute approximate surface area is 153 Å². The van der Waals surface area contributed by atoms with Crippen molar-refractivity contribution >= 4 is 25.5 Å². The van der Waals surface area contributed by atoms with Gasteiger partial charge in [-0.05, 0) is 37.6 Å². The lowest BCUT2D eigenvalue weighted by Gasteiger charge is -2.21. The van der Waals surface area contributed by atoms with Crippen molar-refractivity contribution in [2.45, 2.75) is 13.8 Å². The summed E-state index contributed by atoms with van der Waals surface area (Å²) in [6, 6.07) is 14.4. The summed E-state index contributed by atoms with van der Waals surface area (Å²) in [4.78, 5) is 11.6. The molecule has 138 valence electrons. The third-order valence-corrected chi connectivity index (χ3v) is 4.86. The number of anilines is 1. The Kier molecular flexibility index (Phi) is 7.01. The van der Waals surface area contributed by atoms with Gasteiger partial charge in [-0.25, -0.2) is 9.36 Å². The molecule has 2 aromatic rings. The van der Waals surface area contributed by atoms with Gasteiger partial charge in [0.15, 0.2) is 0 Å². The Balaban J connectivity index is 2.29. The number of esters is 1. The molecule has 0 aliphatic rings. The van der Waals surface area contributed by atoms with E-state index < -0.39 is 13.7 Å². The van der Waals surface area contributed by atoms with Crippen molar-refractivity contribution < 1.29 is 23.1 Å². The van der Waals surface area contributed by atoms with Crippen LogP contribution in [0.3, 0.4) is 0 Å². The standard InChI is InChI=1S/C19H22NO5P/c1-4-24-18(21)14-13-16-10-8-9-15(2)19(16)25-26(22,23-3)20-17-11-6-5-7-12-17/h5-14H,4H2,1-3H3,(H,20,22)/b14-13+. The van der Waals surface area contributed by atoms with E-state index in [-0.39, 0.29) is 0 Å². The zero-order valence-corrected chi connectivity index (χ0v) is 15.9. The molecule has 0 fully saturated rings. The molecule has 0 aliphatic carbocycles. The van der Waals surface area contributed by atoms with E-state index in [1.54, 1.807) is 31.2 Å². The van der Waals surface area contributed by atoms with Crippen LogP contribution >= 0.6 is 7.75 Å². The molecular weight excluding hydrogens is 353 g/mol. The zero-order valence-electron chi connectivity index (χ0n) is 15.0. The van der Waals surface area contributed by atoms with E-state index >= 15 is 0 Å². The molecule has 0 spiro atoms. The topological polar surface area (TPSA) is 73.9 Å². The third-order valence-electron chi connectivity index (χ3n) is 3.42. The first-order chi connectivity index (χ1) is 12.5. The predicted molar refractivity (Wildman–Crippen MR) is 102 cm³/mol. The molecule has 2 aromatic carbocycles. The molecule has 0 amide bonds. The fourth-order valence-corrected chi connectivity index (χ4v) is 3.34. The number of hydrogen-bond acceptors (Lipinski definition) is 5. The van der Waals surface area contributed by atoms with E-state index in [1.807, 2.05) is 37.3 Å². The highest BCUT2D eigenvalue weighted by molar-refractivity contribution is 7.55. The zero-order chi connectivity index (χ0) is 19.0. The summed E-state index contributed by atoms with van der Waals surface area (Å²) in [5.41, 5.74) is 1.95. The molecule has 2 rings (SSSR count). The van der Waals surface area contributed by atoms with Gasteiger partial charge >= 0.3 is 13.7 Å². The maximum Gasteiger partial charge on any atom is 0.486 e. The number of rotatable bonds is 8. The van der Waals surface area contributed by atoms with Gasteiger partial charge in [0.25, 0.3) is 0 Å². The molecule has 0 aliphatic heterocycles. The van der Waals surface area contributed by atoms with Gasteiger partial charge in [0, 0.05) is 24.4 Å². The van der Waals surface area contributed by atoms with Gasteiger partial charge in [-0.3, -0.25) is 9.61 Å². The third kappa shape index (κ3) is 5.48. The number of para-hydroxylation sites is 2. The second-order valence-corrected chi connectivity index (χ2v) is 7.09. The molecule has 1 atom stereocenters. The van der Waals surface area contributed by atoms with Gasteiger partial charge in [-0.1, -0.05) is 36.4 Å². The molecular formula is C19H22NO5P. The molecule has 0 bridgehead atoms. The average molecular weight is 375 g/mol. The smallest absolute Gasteiger partial charge is 0.463 e.